The smallest absolute Gasteiger partial charge is 0.306 e. The predicted molar refractivity (Wildman–Crippen MR) is 302 cm³/mol. The van der Waals surface area contributed by atoms with E-state index < -0.39 is 6.10 Å². The zero-order valence-corrected chi connectivity index (χ0v) is 46.8. The summed E-state index contributed by atoms with van der Waals surface area (Å²) in [5.41, 5.74) is 0. The normalized spacial score (nSPS) is 12.3. The summed E-state index contributed by atoms with van der Waals surface area (Å²) >= 11 is 0. The average Bonchev–Trinajstić information content (AvgIpc) is 3.36. The number of hydrogen-bond acceptors (Lipinski definition) is 6. The van der Waals surface area contributed by atoms with Gasteiger partial charge in [-0.15, -0.1) is 0 Å². The number of unbranched alkanes of at least 4 members (excludes halogenated alkanes) is 37. The van der Waals surface area contributed by atoms with E-state index in [1.807, 2.05) is 0 Å². The van der Waals surface area contributed by atoms with Gasteiger partial charge in [0.15, 0.2) is 6.10 Å². The predicted octanol–water partition coefficient (Wildman–Crippen LogP) is 20.6. The minimum Gasteiger partial charge on any atom is -0.462 e. The van der Waals surface area contributed by atoms with E-state index in [1.54, 1.807) is 0 Å². The highest BCUT2D eigenvalue weighted by molar-refractivity contribution is 5.71. The van der Waals surface area contributed by atoms with Gasteiger partial charge in [-0.05, 0) is 77.0 Å². The van der Waals surface area contributed by atoms with Crippen molar-refractivity contribution in [2.75, 3.05) is 13.2 Å². The molecule has 0 rings (SSSR count). The van der Waals surface area contributed by atoms with Crippen molar-refractivity contribution in [3.8, 4) is 0 Å². The van der Waals surface area contributed by atoms with E-state index in [0.717, 1.165) is 89.9 Å². The molecular weight excluding hydrogens is 865 g/mol. The summed E-state index contributed by atoms with van der Waals surface area (Å²) in [6, 6.07) is 0. The number of hydrogen-bond donors (Lipinski definition) is 0. The molecule has 0 radical (unpaired) electrons. The van der Waals surface area contributed by atoms with Crippen LogP contribution in [0.2, 0.25) is 0 Å². The van der Waals surface area contributed by atoms with Crippen LogP contribution < -0.4 is 0 Å². The van der Waals surface area contributed by atoms with E-state index >= 15 is 0 Å². The summed E-state index contributed by atoms with van der Waals surface area (Å²) in [5, 5.41) is 0. The number of allylic oxidation sites excluding steroid dienone is 8. The lowest BCUT2D eigenvalue weighted by Crippen LogP contribution is -2.30. The van der Waals surface area contributed by atoms with Gasteiger partial charge in [-0.1, -0.05) is 275 Å². The van der Waals surface area contributed by atoms with Crippen molar-refractivity contribution >= 4 is 17.9 Å². The van der Waals surface area contributed by atoms with E-state index in [2.05, 4.69) is 69.4 Å². The molecule has 408 valence electrons. The van der Waals surface area contributed by atoms with Crippen LogP contribution in [0.3, 0.4) is 0 Å². The minimum absolute atomic E-state index is 0.0752. The summed E-state index contributed by atoms with van der Waals surface area (Å²) in [6.45, 7) is 6.59. The summed E-state index contributed by atoms with van der Waals surface area (Å²) in [5.74, 6) is -0.877. The van der Waals surface area contributed by atoms with Crippen LogP contribution in [0.15, 0.2) is 48.6 Å². The van der Waals surface area contributed by atoms with Gasteiger partial charge in [0.2, 0.25) is 0 Å². The van der Waals surface area contributed by atoms with Gasteiger partial charge in [0.25, 0.3) is 0 Å². The number of carbonyl (C=O) groups excluding carboxylic acids is 3. The molecule has 0 aliphatic heterocycles. The SMILES string of the molecule is CCCC/C=C\C/C=C\CCCCCCCC(=O)OC(COC(=O)CCCCCCCCCCC)COC(=O)CCCCCCCCCCCCCCCCCCC/C=C\C/C=C\CCCCCCC. The summed E-state index contributed by atoms with van der Waals surface area (Å²) < 4.78 is 16.8. The van der Waals surface area contributed by atoms with Crippen molar-refractivity contribution in [3.05, 3.63) is 48.6 Å². The quantitative estimate of drug-likeness (QED) is 0.0261. The molecule has 0 aromatic carbocycles. The molecule has 70 heavy (non-hydrogen) atoms. The maximum atomic E-state index is 12.8. The van der Waals surface area contributed by atoms with Crippen LogP contribution in [-0.2, 0) is 28.6 Å². The Kier molecular flexibility index (Phi) is 56.7. The Bertz CT molecular complexity index is 1220. The third kappa shape index (κ3) is 56.3. The second kappa shape index (κ2) is 58.9. The van der Waals surface area contributed by atoms with Gasteiger partial charge >= 0.3 is 17.9 Å². The van der Waals surface area contributed by atoms with Crippen LogP contribution in [0.4, 0.5) is 0 Å². The van der Waals surface area contributed by atoms with Crippen molar-refractivity contribution in [2.24, 2.45) is 0 Å². The first kappa shape index (κ1) is 67.4. The Balaban J connectivity index is 4.09. The van der Waals surface area contributed by atoms with Crippen molar-refractivity contribution < 1.29 is 28.6 Å². The van der Waals surface area contributed by atoms with Crippen LogP contribution in [0.5, 0.6) is 0 Å². The molecule has 0 spiro atoms. The van der Waals surface area contributed by atoms with Crippen molar-refractivity contribution in [1.29, 1.82) is 0 Å². The topological polar surface area (TPSA) is 78.9 Å². The molecule has 0 N–H and O–H groups in total. The van der Waals surface area contributed by atoms with Gasteiger partial charge in [0, 0.05) is 19.3 Å². The number of esters is 3. The Morgan fingerprint density at radius 2 is 0.529 bits per heavy atom. The van der Waals surface area contributed by atoms with E-state index in [1.165, 1.54) is 193 Å². The van der Waals surface area contributed by atoms with Crippen LogP contribution >= 0.6 is 0 Å². The largest absolute Gasteiger partial charge is 0.462 e. The average molecular weight is 982 g/mol. The Labute approximate surface area is 435 Å². The number of rotatable bonds is 56. The Morgan fingerprint density at radius 1 is 0.286 bits per heavy atom. The maximum Gasteiger partial charge on any atom is 0.306 e. The van der Waals surface area contributed by atoms with Crippen LogP contribution in [-0.4, -0.2) is 37.2 Å². The van der Waals surface area contributed by atoms with Crippen molar-refractivity contribution in [2.45, 2.75) is 329 Å². The van der Waals surface area contributed by atoms with Gasteiger partial charge in [0.05, 0.1) is 0 Å². The lowest BCUT2D eigenvalue weighted by Gasteiger charge is -2.18. The molecule has 0 saturated heterocycles. The molecule has 0 saturated carbocycles. The molecule has 6 nitrogen and oxygen atoms in total. The highest BCUT2D eigenvalue weighted by atomic mass is 16.6. The molecule has 0 amide bonds. The molecule has 1 atom stereocenters. The van der Waals surface area contributed by atoms with E-state index in [4.69, 9.17) is 14.2 Å². The van der Waals surface area contributed by atoms with Crippen LogP contribution in [0, 0.1) is 0 Å². The molecule has 1 unspecified atom stereocenters. The summed E-state index contributed by atoms with van der Waals surface area (Å²) in [4.78, 5) is 38.0. The zero-order chi connectivity index (χ0) is 50.7. The molecule has 0 aliphatic rings. The fourth-order valence-electron chi connectivity index (χ4n) is 8.90. The minimum atomic E-state index is -0.776. The van der Waals surface area contributed by atoms with Gasteiger partial charge in [-0.25, -0.2) is 0 Å². The van der Waals surface area contributed by atoms with Crippen LogP contribution in [0.1, 0.15) is 323 Å². The summed E-state index contributed by atoms with van der Waals surface area (Å²) in [6.07, 6.45) is 72.8. The molecule has 6 heteroatoms. The molecule has 0 aromatic rings. The lowest BCUT2D eigenvalue weighted by molar-refractivity contribution is -0.167. The first-order chi connectivity index (χ1) is 34.5. The fourth-order valence-corrected chi connectivity index (χ4v) is 8.90. The molecule has 0 aromatic heterocycles. The van der Waals surface area contributed by atoms with Gasteiger partial charge < -0.3 is 14.2 Å². The molecule has 0 heterocycles. The molecular formula is C64H116O6. The Morgan fingerprint density at radius 3 is 0.829 bits per heavy atom. The zero-order valence-electron chi connectivity index (χ0n) is 46.8. The maximum absolute atomic E-state index is 12.8. The third-order valence-electron chi connectivity index (χ3n) is 13.6. The van der Waals surface area contributed by atoms with Crippen molar-refractivity contribution in [1.82, 2.24) is 0 Å². The number of ether oxygens (including phenoxy) is 3. The highest BCUT2D eigenvalue weighted by Gasteiger charge is 2.19. The second-order valence-electron chi connectivity index (χ2n) is 20.6. The van der Waals surface area contributed by atoms with Gasteiger partial charge in [-0.3, -0.25) is 14.4 Å². The van der Waals surface area contributed by atoms with Gasteiger partial charge in [-0.2, -0.15) is 0 Å². The molecule has 0 aliphatic carbocycles. The fraction of sp³-hybridized carbons (Fsp3) is 0.828. The summed E-state index contributed by atoms with van der Waals surface area (Å²) in [7, 11) is 0. The van der Waals surface area contributed by atoms with E-state index in [0.29, 0.717) is 19.3 Å². The first-order valence-electron chi connectivity index (χ1n) is 30.6. The standard InChI is InChI=1S/C64H116O6/c1-4-7-10-13-16-19-21-23-25-26-27-28-29-30-31-32-33-34-35-36-37-38-39-41-42-45-48-51-54-57-63(66)69-60-61(59-68-62(65)56-53-50-47-44-18-15-12-9-6-3)70-64(67)58-55-52-49-46-43-40-24-22-20-17-14-11-8-5-2/h14,17,21-24,26-27,61H,4-13,15-16,18-20,25,28-60H2,1-3H3/b17-14-,23-21-,24-22-,27-26-. The number of carbonyl (C=O) groups is 3. The van der Waals surface area contributed by atoms with Crippen molar-refractivity contribution in [3.63, 3.8) is 0 Å². The monoisotopic (exact) mass is 981 g/mol. The first-order valence-corrected chi connectivity index (χ1v) is 30.6. The third-order valence-corrected chi connectivity index (χ3v) is 13.6. The van der Waals surface area contributed by atoms with E-state index in [-0.39, 0.29) is 31.1 Å². The van der Waals surface area contributed by atoms with E-state index in [9.17, 15) is 14.4 Å². The lowest BCUT2D eigenvalue weighted by atomic mass is 10.0. The highest BCUT2D eigenvalue weighted by Crippen LogP contribution is 2.17. The molecule has 0 bridgehead atoms. The second-order valence-corrected chi connectivity index (χ2v) is 20.6. The Hall–Kier alpha value is -2.63. The van der Waals surface area contributed by atoms with Gasteiger partial charge in [0.1, 0.15) is 13.2 Å². The molecule has 0 fully saturated rings. The van der Waals surface area contributed by atoms with Crippen LogP contribution in [0.25, 0.3) is 0 Å².